The van der Waals surface area contributed by atoms with Gasteiger partial charge in [0.25, 0.3) is 0 Å². The molecule has 1 rings (SSSR count). The maximum atomic E-state index is 11.4. The molecule has 3 N–H and O–H groups in total. The number of carboxylic acid groups (broad SMARTS) is 1. The fraction of sp³-hybridized carbons (Fsp3) is 0.273. The molecule has 0 spiro atoms. The highest BCUT2D eigenvalue weighted by atomic mass is 16.4. The monoisotopic (exact) mass is 222 g/mol. The van der Waals surface area contributed by atoms with Gasteiger partial charge >= 0.3 is 5.97 Å². The number of amides is 1. The zero-order chi connectivity index (χ0) is 12.3. The van der Waals surface area contributed by atoms with E-state index in [1.165, 1.54) is 6.08 Å². The minimum Gasteiger partial charge on any atom is -0.477 e. The fourth-order valence-electron chi connectivity index (χ4n) is 1.29. The number of hydrogen-bond donors (Lipinski definition) is 3. The molecule has 1 amide bonds. The summed E-state index contributed by atoms with van der Waals surface area (Å²) >= 11 is 0. The summed E-state index contributed by atoms with van der Waals surface area (Å²) in [6.45, 7) is 5.31. The average molecular weight is 222 g/mol. The van der Waals surface area contributed by atoms with Gasteiger partial charge in [0.2, 0.25) is 5.91 Å². The van der Waals surface area contributed by atoms with Gasteiger partial charge in [-0.1, -0.05) is 5.57 Å². The molecule has 5 heteroatoms. The molecule has 0 unspecified atom stereocenters. The van der Waals surface area contributed by atoms with E-state index in [1.807, 2.05) is 0 Å². The Hall–Kier alpha value is -2.04. The predicted octanol–water partition coefficient (Wildman–Crippen LogP) is 1.93. The summed E-state index contributed by atoms with van der Waals surface area (Å²) in [6, 6.07) is 1.58. The quantitative estimate of drug-likeness (QED) is 0.683. The van der Waals surface area contributed by atoms with Gasteiger partial charge in [0.1, 0.15) is 5.69 Å². The molecule has 1 aromatic heterocycles. The van der Waals surface area contributed by atoms with Gasteiger partial charge in [0.05, 0.1) is 5.69 Å². The zero-order valence-corrected chi connectivity index (χ0v) is 9.42. The number of allylic oxidation sites excluding steroid dienone is 1. The van der Waals surface area contributed by atoms with Crippen LogP contribution in [0.2, 0.25) is 0 Å². The molecule has 1 heterocycles. The number of aromatic amines is 1. The smallest absolute Gasteiger partial charge is 0.354 e. The Morgan fingerprint density at radius 3 is 2.56 bits per heavy atom. The third-order valence-electron chi connectivity index (χ3n) is 1.84. The van der Waals surface area contributed by atoms with Gasteiger partial charge in [-0.05, 0) is 26.8 Å². The number of rotatable bonds is 3. The van der Waals surface area contributed by atoms with Gasteiger partial charge in [-0.2, -0.15) is 0 Å². The van der Waals surface area contributed by atoms with Gasteiger partial charge in [0.15, 0.2) is 0 Å². The van der Waals surface area contributed by atoms with Crippen molar-refractivity contribution in [1.29, 1.82) is 0 Å². The molecular formula is C11H14N2O3. The topological polar surface area (TPSA) is 82.2 Å². The standard InChI is InChI=1S/C11H14N2O3/c1-6(2)4-9(14)13-8-5-7(3)12-10(8)11(15)16/h4-5,12H,1-3H3,(H,13,14)(H,15,16). The molecule has 0 radical (unpaired) electrons. The van der Waals surface area contributed by atoms with E-state index >= 15 is 0 Å². The Morgan fingerprint density at radius 1 is 1.44 bits per heavy atom. The van der Waals surface area contributed by atoms with Crippen LogP contribution in [0.4, 0.5) is 5.69 Å². The molecule has 86 valence electrons. The second-order valence-electron chi connectivity index (χ2n) is 3.76. The van der Waals surface area contributed by atoms with E-state index in [0.29, 0.717) is 5.69 Å². The van der Waals surface area contributed by atoms with E-state index in [9.17, 15) is 9.59 Å². The second-order valence-corrected chi connectivity index (χ2v) is 3.76. The van der Waals surface area contributed by atoms with Crippen LogP contribution in [0, 0.1) is 6.92 Å². The molecule has 0 aliphatic heterocycles. The maximum Gasteiger partial charge on any atom is 0.354 e. The van der Waals surface area contributed by atoms with E-state index in [-0.39, 0.29) is 17.3 Å². The fourth-order valence-corrected chi connectivity index (χ4v) is 1.29. The van der Waals surface area contributed by atoms with Gasteiger partial charge in [0, 0.05) is 11.8 Å². The predicted molar refractivity (Wildman–Crippen MR) is 60.5 cm³/mol. The first kappa shape index (κ1) is 12.0. The first-order valence-corrected chi connectivity index (χ1v) is 4.79. The summed E-state index contributed by atoms with van der Waals surface area (Å²) in [4.78, 5) is 24.9. The molecule has 0 saturated heterocycles. The number of hydrogen-bond acceptors (Lipinski definition) is 2. The third kappa shape index (κ3) is 2.98. The molecular weight excluding hydrogens is 208 g/mol. The second kappa shape index (κ2) is 4.65. The molecule has 0 saturated carbocycles. The highest BCUT2D eigenvalue weighted by Crippen LogP contribution is 2.16. The Bertz CT molecular complexity index is 454. The van der Waals surface area contributed by atoms with Gasteiger partial charge in [-0.15, -0.1) is 0 Å². The zero-order valence-electron chi connectivity index (χ0n) is 9.42. The normalized spacial score (nSPS) is 9.69. The van der Waals surface area contributed by atoms with Crippen molar-refractivity contribution in [3.8, 4) is 0 Å². The average Bonchev–Trinajstić information content (AvgIpc) is 2.44. The number of carbonyl (C=O) groups is 2. The summed E-state index contributed by atoms with van der Waals surface area (Å²) in [6.07, 6.45) is 1.41. The SMILES string of the molecule is CC(C)=CC(=O)Nc1cc(C)[nH]c1C(=O)O. The summed E-state index contributed by atoms with van der Waals surface area (Å²) in [5, 5.41) is 11.4. The van der Waals surface area contributed by atoms with Crippen molar-refractivity contribution in [3.05, 3.63) is 29.1 Å². The largest absolute Gasteiger partial charge is 0.477 e. The van der Waals surface area contributed by atoms with Gasteiger partial charge in [-0.3, -0.25) is 4.79 Å². The van der Waals surface area contributed by atoms with E-state index in [1.54, 1.807) is 26.8 Å². The minimum absolute atomic E-state index is 0.00648. The summed E-state index contributed by atoms with van der Waals surface area (Å²) < 4.78 is 0. The number of H-pyrrole nitrogens is 1. The minimum atomic E-state index is -1.10. The molecule has 0 aliphatic carbocycles. The number of nitrogens with one attached hydrogen (secondary N) is 2. The summed E-state index contributed by atoms with van der Waals surface area (Å²) in [7, 11) is 0. The number of aryl methyl sites for hydroxylation is 1. The van der Waals surface area contributed by atoms with Crippen molar-refractivity contribution in [1.82, 2.24) is 4.98 Å². The Kier molecular flexibility index (Phi) is 3.50. The van der Waals surface area contributed by atoms with Crippen molar-refractivity contribution in [3.63, 3.8) is 0 Å². The number of aromatic nitrogens is 1. The van der Waals surface area contributed by atoms with Crippen LogP contribution in [-0.2, 0) is 4.79 Å². The van der Waals surface area contributed by atoms with Crippen molar-refractivity contribution in [2.24, 2.45) is 0 Å². The summed E-state index contributed by atoms with van der Waals surface area (Å²) in [5.74, 6) is -1.43. The molecule has 0 fully saturated rings. The van der Waals surface area contributed by atoms with Crippen LogP contribution in [0.25, 0.3) is 0 Å². The van der Waals surface area contributed by atoms with Crippen LogP contribution >= 0.6 is 0 Å². The first-order chi connectivity index (χ1) is 7.40. The van der Waals surface area contributed by atoms with E-state index in [2.05, 4.69) is 10.3 Å². The van der Waals surface area contributed by atoms with Crippen molar-refractivity contribution in [2.75, 3.05) is 5.32 Å². The molecule has 1 aromatic rings. The van der Waals surface area contributed by atoms with Crippen molar-refractivity contribution < 1.29 is 14.7 Å². The molecule has 0 atom stereocenters. The lowest BCUT2D eigenvalue weighted by atomic mass is 10.3. The third-order valence-corrected chi connectivity index (χ3v) is 1.84. The van der Waals surface area contributed by atoms with Crippen LogP contribution < -0.4 is 5.32 Å². The number of carbonyl (C=O) groups excluding carboxylic acids is 1. The number of aromatic carboxylic acids is 1. The molecule has 16 heavy (non-hydrogen) atoms. The highest BCUT2D eigenvalue weighted by Gasteiger charge is 2.14. The highest BCUT2D eigenvalue weighted by molar-refractivity contribution is 6.04. The lowest BCUT2D eigenvalue weighted by Gasteiger charge is -2.00. The maximum absolute atomic E-state index is 11.4. The van der Waals surface area contributed by atoms with Crippen LogP contribution in [0.5, 0.6) is 0 Å². The molecule has 0 bridgehead atoms. The Morgan fingerprint density at radius 2 is 2.06 bits per heavy atom. The van der Waals surface area contributed by atoms with Crippen molar-refractivity contribution in [2.45, 2.75) is 20.8 Å². The Labute approximate surface area is 93.2 Å². The van der Waals surface area contributed by atoms with E-state index in [0.717, 1.165) is 5.57 Å². The first-order valence-electron chi connectivity index (χ1n) is 4.79. The number of anilines is 1. The van der Waals surface area contributed by atoms with Gasteiger partial charge < -0.3 is 15.4 Å². The molecule has 5 nitrogen and oxygen atoms in total. The van der Waals surface area contributed by atoms with Crippen LogP contribution in [0.15, 0.2) is 17.7 Å². The molecule has 0 aromatic carbocycles. The summed E-state index contributed by atoms with van der Waals surface area (Å²) in [5.41, 5.74) is 1.81. The number of carboxylic acids is 1. The Balaban J connectivity index is 2.93. The lowest BCUT2D eigenvalue weighted by Crippen LogP contribution is -2.11. The van der Waals surface area contributed by atoms with Crippen molar-refractivity contribution >= 4 is 17.6 Å². The van der Waals surface area contributed by atoms with E-state index in [4.69, 9.17) is 5.11 Å². The van der Waals surface area contributed by atoms with Crippen LogP contribution in [0.1, 0.15) is 30.0 Å². The van der Waals surface area contributed by atoms with Crippen LogP contribution in [0.3, 0.4) is 0 Å². The van der Waals surface area contributed by atoms with Crippen LogP contribution in [-0.4, -0.2) is 22.0 Å². The van der Waals surface area contributed by atoms with E-state index < -0.39 is 5.97 Å². The van der Waals surface area contributed by atoms with Gasteiger partial charge in [-0.25, -0.2) is 4.79 Å². The molecule has 0 aliphatic rings. The lowest BCUT2D eigenvalue weighted by molar-refractivity contribution is -0.111.